The lowest BCUT2D eigenvalue weighted by Crippen LogP contribution is -2.25. The molecule has 0 bridgehead atoms. The monoisotopic (exact) mass is 306 g/mol. The van der Waals surface area contributed by atoms with Gasteiger partial charge in [-0.1, -0.05) is 0 Å². The first-order valence-corrected chi connectivity index (χ1v) is 7.00. The van der Waals surface area contributed by atoms with Crippen LogP contribution in [0.2, 0.25) is 0 Å². The zero-order valence-corrected chi connectivity index (χ0v) is 12.9. The Morgan fingerprint density at radius 2 is 1.18 bits per heavy atom. The van der Waals surface area contributed by atoms with E-state index in [1.54, 1.807) is 7.05 Å². The third-order valence-electron chi connectivity index (χ3n) is 4.34. The molecule has 1 aliphatic heterocycles. The molecule has 22 heavy (non-hydrogen) atoms. The molecular weight excluding hydrogens is 289 g/mol. The average Bonchev–Trinajstić information content (AvgIpc) is 2.45. The molecule has 0 aliphatic carbocycles. The van der Waals surface area contributed by atoms with E-state index in [4.69, 9.17) is 0 Å². The van der Waals surface area contributed by atoms with Crippen molar-refractivity contribution in [3.8, 4) is 0 Å². The van der Waals surface area contributed by atoms with Crippen LogP contribution in [0.15, 0.2) is 30.3 Å². The predicted octanol–water partition coefficient (Wildman–Crippen LogP) is 5.17. The number of alkyl halides is 3. The molecule has 2 aromatic carbocycles. The average molecular weight is 306 g/mol. The van der Waals surface area contributed by atoms with Crippen molar-refractivity contribution in [2.45, 2.75) is 20.0 Å². The first-order chi connectivity index (χ1) is 10.2. The van der Waals surface area contributed by atoms with E-state index >= 15 is 0 Å². The molecule has 0 unspecified atom stereocenters. The smallest absolute Gasteiger partial charge is 0.341 e. The number of benzene rings is 2. The van der Waals surface area contributed by atoms with Crippen LogP contribution in [-0.4, -0.2) is 14.1 Å². The maximum absolute atomic E-state index is 13.0. The number of hydrogen-bond donors (Lipinski definition) is 0. The lowest BCUT2D eigenvalue weighted by atomic mass is 10.0. The molecule has 0 aromatic heterocycles. The highest BCUT2D eigenvalue weighted by Crippen LogP contribution is 2.48. The van der Waals surface area contributed by atoms with Crippen LogP contribution in [0.1, 0.15) is 16.7 Å². The predicted molar refractivity (Wildman–Crippen MR) is 83.5 cm³/mol. The van der Waals surface area contributed by atoms with Gasteiger partial charge in [0.1, 0.15) is 0 Å². The quantitative estimate of drug-likeness (QED) is 0.662. The second kappa shape index (κ2) is 4.66. The van der Waals surface area contributed by atoms with E-state index in [-0.39, 0.29) is 0 Å². The number of nitrogens with zero attached hydrogens (tertiary/aromatic N) is 2. The number of anilines is 4. The number of fused-ring (bicyclic) bond motifs is 2. The molecule has 0 atom stereocenters. The first-order valence-electron chi connectivity index (χ1n) is 7.00. The van der Waals surface area contributed by atoms with Crippen molar-refractivity contribution in [1.82, 2.24) is 0 Å². The Balaban J connectivity index is 2.20. The fourth-order valence-electron chi connectivity index (χ4n) is 2.83. The highest BCUT2D eigenvalue weighted by molar-refractivity contribution is 5.93. The molecule has 1 heterocycles. The largest absolute Gasteiger partial charge is 0.416 e. The van der Waals surface area contributed by atoms with Gasteiger partial charge in [0.15, 0.2) is 0 Å². The molecule has 0 saturated carbocycles. The molecule has 2 aromatic rings. The molecule has 116 valence electrons. The van der Waals surface area contributed by atoms with E-state index in [2.05, 4.69) is 6.07 Å². The van der Waals surface area contributed by atoms with Gasteiger partial charge >= 0.3 is 6.18 Å². The van der Waals surface area contributed by atoms with E-state index in [0.29, 0.717) is 5.69 Å². The topological polar surface area (TPSA) is 6.48 Å². The van der Waals surface area contributed by atoms with Crippen LogP contribution in [0.3, 0.4) is 0 Å². The van der Waals surface area contributed by atoms with Gasteiger partial charge in [-0.25, -0.2) is 0 Å². The van der Waals surface area contributed by atoms with Crippen LogP contribution in [-0.2, 0) is 6.18 Å². The summed E-state index contributed by atoms with van der Waals surface area (Å²) in [5, 5.41) is 0. The van der Waals surface area contributed by atoms with Crippen LogP contribution in [0.4, 0.5) is 35.9 Å². The summed E-state index contributed by atoms with van der Waals surface area (Å²) in [6.07, 6.45) is -4.34. The number of halogens is 3. The van der Waals surface area contributed by atoms with Crippen molar-refractivity contribution in [2.75, 3.05) is 23.9 Å². The summed E-state index contributed by atoms with van der Waals surface area (Å²) in [4.78, 5) is 3.77. The maximum atomic E-state index is 13.0. The third kappa shape index (κ3) is 2.12. The molecule has 1 aliphatic rings. The minimum atomic E-state index is -4.34. The Hall–Kier alpha value is -2.17. The summed E-state index contributed by atoms with van der Waals surface area (Å²) in [6, 6.07) is 7.97. The number of aryl methyl sites for hydroxylation is 2. The normalized spacial score (nSPS) is 14.0. The van der Waals surface area contributed by atoms with Gasteiger partial charge in [-0.05, 0) is 55.3 Å². The minimum absolute atomic E-state index is 0.563. The van der Waals surface area contributed by atoms with E-state index in [1.807, 2.05) is 36.8 Å². The van der Waals surface area contributed by atoms with Crippen molar-refractivity contribution < 1.29 is 13.2 Å². The van der Waals surface area contributed by atoms with Crippen molar-refractivity contribution in [3.63, 3.8) is 0 Å². The van der Waals surface area contributed by atoms with Crippen LogP contribution in [0.5, 0.6) is 0 Å². The van der Waals surface area contributed by atoms with Crippen molar-refractivity contribution in [1.29, 1.82) is 0 Å². The summed E-state index contributed by atoms with van der Waals surface area (Å²) >= 11 is 0. The molecule has 2 nitrogen and oxygen atoms in total. The lowest BCUT2D eigenvalue weighted by molar-refractivity contribution is -0.137. The molecular formula is C17H17F3N2. The first kappa shape index (κ1) is 14.8. The summed E-state index contributed by atoms with van der Waals surface area (Å²) in [6.45, 7) is 4.04. The Kier molecular flexibility index (Phi) is 3.13. The van der Waals surface area contributed by atoms with E-state index < -0.39 is 11.7 Å². The van der Waals surface area contributed by atoms with Gasteiger partial charge in [0.25, 0.3) is 0 Å². The Morgan fingerprint density at radius 1 is 0.727 bits per heavy atom. The highest BCUT2D eigenvalue weighted by atomic mass is 19.4. The molecule has 0 N–H and O–H groups in total. The summed E-state index contributed by atoms with van der Waals surface area (Å²) < 4.78 is 38.9. The number of rotatable bonds is 0. The molecule has 0 radical (unpaired) electrons. The third-order valence-corrected chi connectivity index (χ3v) is 4.34. The standard InChI is InChI=1S/C17H17F3N2/c1-10-7-14-15(8-11(10)2)22(4)16-9-12(17(18,19)20)5-6-13(16)21(14)3/h5-9H,1-4H3. The van der Waals surface area contributed by atoms with Gasteiger partial charge in [0, 0.05) is 14.1 Å². The SMILES string of the molecule is Cc1cc2c(cc1C)N(C)c1cc(C(F)(F)F)ccc1N2C. The van der Waals surface area contributed by atoms with Gasteiger partial charge in [-0.15, -0.1) is 0 Å². The maximum Gasteiger partial charge on any atom is 0.416 e. The van der Waals surface area contributed by atoms with E-state index in [1.165, 1.54) is 12.1 Å². The Labute approximate surface area is 127 Å². The molecule has 0 saturated heterocycles. The minimum Gasteiger partial charge on any atom is -0.341 e. The lowest BCUT2D eigenvalue weighted by Gasteiger charge is -2.37. The fourth-order valence-corrected chi connectivity index (χ4v) is 2.83. The summed E-state index contributed by atoms with van der Waals surface area (Å²) in [5.74, 6) is 0. The fraction of sp³-hybridized carbons (Fsp3) is 0.294. The van der Waals surface area contributed by atoms with Crippen LogP contribution < -0.4 is 9.80 Å². The molecule has 0 amide bonds. The van der Waals surface area contributed by atoms with Crippen molar-refractivity contribution in [3.05, 3.63) is 47.0 Å². The zero-order valence-electron chi connectivity index (χ0n) is 12.9. The van der Waals surface area contributed by atoms with E-state index in [9.17, 15) is 13.2 Å². The second-order valence-corrected chi connectivity index (χ2v) is 5.74. The number of hydrogen-bond acceptors (Lipinski definition) is 2. The van der Waals surface area contributed by atoms with Gasteiger partial charge in [0.2, 0.25) is 0 Å². The Bertz CT molecular complexity index is 750. The summed E-state index contributed by atoms with van der Waals surface area (Å²) in [5.41, 5.74) is 4.90. The van der Waals surface area contributed by atoms with E-state index in [0.717, 1.165) is 34.3 Å². The Morgan fingerprint density at radius 3 is 1.68 bits per heavy atom. The summed E-state index contributed by atoms with van der Waals surface area (Å²) in [7, 11) is 3.69. The van der Waals surface area contributed by atoms with Crippen LogP contribution in [0.25, 0.3) is 0 Å². The zero-order chi connectivity index (χ0) is 16.2. The van der Waals surface area contributed by atoms with Gasteiger partial charge < -0.3 is 9.80 Å². The van der Waals surface area contributed by atoms with Gasteiger partial charge in [-0.3, -0.25) is 0 Å². The molecule has 0 spiro atoms. The highest BCUT2D eigenvalue weighted by Gasteiger charge is 2.33. The van der Waals surface area contributed by atoms with Crippen molar-refractivity contribution in [2.24, 2.45) is 0 Å². The van der Waals surface area contributed by atoms with Crippen LogP contribution >= 0.6 is 0 Å². The molecule has 3 rings (SSSR count). The molecule has 5 heteroatoms. The second-order valence-electron chi connectivity index (χ2n) is 5.74. The van der Waals surface area contributed by atoms with Gasteiger partial charge in [-0.2, -0.15) is 13.2 Å². The molecule has 0 fully saturated rings. The van der Waals surface area contributed by atoms with Gasteiger partial charge in [0.05, 0.1) is 28.3 Å². The van der Waals surface area contributed by atoms with Crippen LogP contribution in [0, 0.1) is 13.8 Å². The van der Waals surface area contributed by atoms with Crippen molar-refractivity contribution >= 4 is 22.7 Å².